The van der Waals surface area contributed by atoms with Crippen LogP contribution in [-0.2, 0) is 12.2 Å². The number of hydrogen-bond acceptors (Lipinski definition) is 7. The molecule has 3 aromatic heterocycles. The van der Waals surface area contributed by atoms with Crippen molar-refractivity contribution in [2.45, 2.75) is 37.7 Å². The SMILES string of the molecule is Cc1c2c(c(-c3nn[nH]n3)c3nnnn13)CC(C)(C)SC2. The molecular weight excluding hydrogens is 288 g/mol. The predicted octanol–water partition coefficient (Wildman–Crippen LogP) is 1.18. The van der Waals surface area contributed by atoms with Crippen molar-refractivity contribution in [1.29, 1.82) is 0 Å². The van der Waals surface area contributed by atoms with Crippen LogP contribution in [0, 0.1) is 6.92 Å². The van der Waals surface area contributed by atoms with Gasteiger partial charge in [0, 0.05) is 16.2 Å². The third kappa shape index (κ3) is 1.84. The fourth-order valence-corrected chi connectivity index (χ4v) is 4.00. The smallest absolute Gasteiger partial charge is 0.197 e. The quantitative estimate of drug-likeness (QED) is 0.720. The molecule has 21 heavy (non-hydrogen) atoms. The van der Waals surface area contributed by atoms with E-state index in [2.05, 4.69) is 56.9 Å². The Balaban J connectivity index is 2.10. The number of nitrogens with zero attached hydrogens (tertiary/aromatic N) is 7. The molecule has 4 heterocycles. The Kier molecular flexibility index (Phi) is 2.56. The molecular formula is C12H14N8S. The molecule has 0 aromatic carbocycles. The Morgan fingerprint density at radius 2 is 2.10 bits per heavy atom. The third-order valence-corrected chi connectivity index (χ3v) is 5.25. The zero-order chi connectivity index (χ0) is 14.6. The van der Waals surface area contributed by atoms with Crippen molar-refractivity contribution in [3.05, 3.63) is 16.8 Å². The van der Waals surface area contributed by atoms with E-state index in [0.717, 1.165) is 23.4 Å². The minimum absolute atomic E-state index is 0.170. The fourth-order valence-electron chi connectivity index (χ4n) is 2.83. The van der Waals surface area contributed by atoms with Crippen LogP contribution in [0.5, 0.6) is 0 Å². The standard InChI is InChI=1S/C12H14N8S/c1-6-8-5-21-12(2,3)4-7(8)9(10-13-16-17-14-10)11-15-18-19-20(6)11/h4-5H2,1-3H3,(H,13,14,16,17). The van der Waals surface area contributed by atoms with Gasteiger partial charge >= 0.3 is 0 Å². The van der Waals surface area contributed by atoms with Crippen LogP contribution in [-0.4, -0.2) is 45.4 Å². The Labute approximate surface area is 124 Å². The predicted molar refractivity (Wildman–Crippen MR) is 77.8 cm³/mol. The maximum absolute atomic E-state index is 4.16. The van der Waals surface area contributed by atoms with Gasteiger partial charge in [0.15, 0.2) is 5.65 Å². The van der Waals surface area contributed by atoms with Crippen molar-refractivity contribution in [2.24, 2.45) is 0 Å². The Morgan fingerprint density at radius 3 is 2.86 bits per heavy atom. The summed E-state index contributed by atoms with van der Waals surface area (Å²) < 4.78 is 1.94. The molecule has 0 unspecified atom stereocenters. The number of hydrogen-bond donors (Lipinski definition) is 1. The largest absolute Gasteiger partial charge is 0.208 e. The topological polar surface area (TPSA) is 97.5 Å². The second-order valence-corrected chi connectivity index (χ2v) is 7.47. The molecule has 8 nitrogen and oxygen atoms in total. The average Bonchev–Trinajstić information content (AvgIpc) is 3.08. The maximum Gasteiger partial charge on any atom is 0.208 e. The summed E-state index contributed by atoms with van der Waals surface area (Å²) in [6.45, 7) is 6.56. The molecule has 0 fully saturated rings. The van der Waals surface area contributed by atoms with Gasteiger partial charge in [-0.15, -0.1) is 15.3 Å². The molecule has 0 saturated carbocycles. The lowest BCUT2D eigenvalue weighted by Crippen LogP contribution is -2.26. The van der Waals surface area contributed by atoms with Gasteiger partial charge in [0.05, 0.1) is 5.56 Å². The summed E-state index contributed by atoms with van der Waals surface area (Å²) in [4.78, 5) is 0. The zero-order valence-corrected chi connectivity index (χ0v) is 12.8. The molecule has 0 amide bonds. The van der Waals surface area contributed by atoms with Crippen molar-refractivity contribution >= 4 is 17.4 Å². The summed E-state index contributed by atoms with van der Waals surface area (Å²) in [6, 6.07) is 0. The van der Waals surface area contributed by atoms with Crippen molar-refractivity contribution in [2.75, 3.05) is 0 Å². The Bertz CT molecular complexity index is 820. The molecule has 1 N–H and O–H groups in total. The summed E-state index contributed by atoms with van der Waals surface area (Å²) in [6.07, 6.45) is 0.932. The van der Waals surface area contributed by atoms with Gasteiger partial charge in [0.1, 0.15) is 0 Å². The average molecular weight is 302 g/mol. The van der Waals surface area contributed by atoms with Gasteiger partial charge in [0.25, 0.3) is 0 Å². The number of fused-ring (bicyclic) bond motifs is 2. The van der Waals surface area contributed by atoms with Gasteiger partial charge in [0.2, 0.25) is 5.82 Å². The highest BCUT2D eigenvalue weighted by atomic mass is 32.2. The summed E-state index contributed by atoms with van der Waals surface area (Å²) >= 11 is 1.95. The first-order valence-electron chi connectivity index (χ1n) is 6.67. The molecule has 0 saturated heterocycles. The highest BCUT2D eigenvalue weighted by Crippen LogP contribution is 2.43. The van der Waals surface area contributed by atoms with Crippen LogP contribution in [0.1, 0.15) is 30.7 Å². The zero-order valence-electron chi connectivity index (χ0n) is 12.0. The number of rotatable bonds is 1. The molecule has 1 aliphatic heterocycles. The van der Waals surface area contributed by atoms with Crippen molar-refractivity contribution < 1.29 is 0 Å². The van der Waals surface area contributed by atoms with E-state index in [1.165, 1.54) is 11.1 Å². The highest BCUT2D eigenvalue weighted by molar-refractivity contribution is 7.99. The maximum atomic E-state index is 4.16. The molecule has 0 aliphatic carbocycles. The van der Waals surface area contributed by atoms with Gasteiger partial charge < -0.3 is 0 Å². The number of tetrazole rings is 2. The van der Waals surface area contributed by atoms with Crippen molar-refractivity contribution in [3.8, 4) is 11.4 Å². The number of H-pyrrole nitrogens is 1. The molecule has 9 heteroatoms. The summed E-state index contributed by atoms with van der Waals surface area (Å²) in [5.41, 5.74) is 5.18. The first kappa shape index (κ1) is 12.7. The normalized spacial score (nSPS) is 17.1. The number of pyridine rings is 1. The molecule has 4 rings (SSSR count). The van der Waals surface area contributed by atoms with Gasteiger partial charge in [-0.3, -0.25) is 0 Å². The van der Waals surface area contributed by atoms with Crippen LogP contribution in [0.2, 0.25) is 0 Å². The first-order chi connectivity index (χ1) is 10.1. The van der Waals surface area contributed by atoms with E-state index < -0.39 is 0 Å². The minimum atomic E-state index is 0.170. The second-order valence-electron chi connectivity index (χ2n) is 5.79. The monoisotopic (exact) mass is 302 g/mol. The van der Waals surface area contributed by atoms with E-state index in [1.54, 1.807) is 4.52 Å². The van der Waals surface area contributed by atoms with E-state index in [9.17, 15) is 0 Å². The van der Waals surface area contributed by atoms with Gasteiger partial charge in [-0.05, 0) is 40.1 Å². The Morgan fingerprint density at radius 1 is 1.24 bits per heavy atom. The lowest BCUT2D eigenvalue weighted by molar-refractivity contribution is 0.687. The molecule has 0 atom stereocenters. The van der Waals surface area contributed by atoms with Gasteiger partial charge in [-0.2, -0.15) is 21.5 Å². The number of aromatic amines is 1. The van der Waals surface area contributed by atoms with E-state index in [0.29, 0.717) is 11.5 Å². The molecule has 1 aliphatic rings. The van der Waals surface area contributed by atoms with Crippen LogP contribution < -0.4 is 0 Å². The molecule has 0 radical (unpaired) electrons. The van der Waals surface area contributed by atoms with E-state index in [1.807, 2.05) is 11.8 Å². The van der Waals surface area contributed by atoms with Gasteiger partial charge in [-0.25, -0.2) is 0 Å². The van der Waals surface area contributed by atoms with E-state index >= 15 is 0 Å². The van der Waals surface area contributed by atoms with Crippen LogP contribution in [0.15, 0.2) is 0 Å². The second kappa shape index (κ2) is 4.23. The van der Waals surface area contributed by atoms with Crippen molar-refractivity contribution in [1.82, 2.24) is 40.7 Å². The van der Waals surface area contributed by atoms with Crippen LogP contribution in [0.25, 0.3) is 17.0 Å². The number of nitrogens with one attached hydrogen (secondary N) is 1. The van der Waals surface area contributed by atoms with Crippen LogP contribution in [0.4, 0.5) is 0 Å². The first-order valence-corrected chi connectivity index (χ1v) is 7.65. The highest BCUT2D eigenvalue weighted by Gasteiger charge is 2.32. The van der Waals surface area contributed by atoms with E-state index in [4.69, 9.17) is 0 Å². The number of aryl methyl sites for hydroxylation is 1. The number of aromatic nitrogens is 8. The summed E-state index contributed by atoms with van der Waals surface area (Å²) in [7, 11) is 0. The Hall–Kier alpha value is -2.03. The van der Waals surface area contributed by atoms with E-state index in [-0.39, 0.29) is 4.75 Å². The van der Waals surface area contributed by atoms with Gasteiger partial charge in [-0.1, -0.05) is 13.8 Å². The molecule has 0 bridgehead atoms. The number of thioether (sulfide) groups is 1. The lowest BCUT2D eigenvalue weighted by atomic mass is 9.92. The fraction of sp³-hybridized carbons (Fsp3) is 0.500. The third-order valence-electron chi connectivity index (χ3n) is 3.89. The molecule has 3 aromatic rings. The van der Waals surface area contributed by atoms with Crippen LogP contribution >= 0.6 is 11.8 Å². The summed E-state index contributed by atoms with van der Waals surface area (Å²) in [5.74, 6) is 1.49. The summed E-state index contributed by atoms with van der Waals surface area (Å²) in [5, 5.41) is 26.5. The lowest BCUT2D eigenvalue weighted by Gasteiger charge is -2.32. The minimum Gasteiger partial charge on any atom is -0.197 e. The molecule has 0 spiro atoms. The van der Waals surface area contributed by atoms with Crippen LogP contribution in [0.3, 0.4) is 0 Å². The molecule has 108 valence electrons. The van der Waals surface area contributed by atoms with Crippen molar-refractivity contribution in [3.63, 3.8) is 0 Å².